The van der Waals surface area contributed by atoms with E-state index in [9.17, 15) is 0 Å². The lowest BCUT2D eigenvalue weighted by atomic mass is 10.0. The summed E-state index contributed by atoms with van der Waals surface area (Å²) in [5.74, 6) is 1.63. The van der Waals surface area contributed by atoms with Gasteiger partial charge in [0.05, 0.1) is 31.1 Å². The molecular weight excluding hydrogens is 444 g/mol. The van der Waals surface area contributed by atoms with Crippen molar-refractivity contribution in [2.75, 3.05) is 18.6 Å². The average molecular weight is 471 g/mol. The lowest BCUT2D eigenvalue weighted by Crippen LogP contribution is -2.30. The average Bonchev–Trinajstić information content (AvgIpc) is 3.49. The molecular formula is C27H26N4O2S. The molecule has 7 heteroatoms. The molecule has 0 bridgehead atoms. The van der Waals surface area contributed by atoms with Crippen molar-refractivity contribution in [2.24, 2.45) is 0 Å². The second-order valence-corrected chi connectivity index (χ2v) is 8.29. The summed E-state index contributed by atoms with van der Waals surface area (Å²) >= 11 is 5.87. The summed E-state index contributed by atoms with van der Waals surface area (Å²) in [7, 11) is 1.69. The zero-order valence-electron chi connectivity index (χ0n) is 19.1. The Hall–Kier alpha value is -3.84. The minimum atomic E-state index is -0.139. The van der Waals surface area contributed by atoms with Crippen LogP contribution in [0.3, 0.4) is 0 Å². The molecule has 1 aliphatic rings. The van der Waals surface area contributed by atoms with E-state index in [0.717, 1.165) is 34.3 Å². The van der Waals surface area contributed by atoms with Gasteiger partial charge >= 0.3 is 0 Å². The normalized spacial score (nSPS) is 17.5. The Balaban J connectivity index is 1.64. The standard InChI is InChI=1S/C27H26N4O2S/c1-3-33-20-15-13-19(14-16-20)31-26(25(29-27(31)34)21-9-6-7-17-28-21)23-11-8-18-30(23)22-10-4-5-12-24(22)32-2/h4-18,25-26H,3H2,1-2H3,(H,29,34)/t25-,26+/m1/s1. The molecule has 4 aromatic rings. The van der Waals surface area contributed by atoms with Gasteiger partial charge in [-0.3, -0.25) is 4.98 Å². The van der Waals surface area contributed by atoms with Crippen LogP contribution in [0.2, 0.25) is 0 Å². The van der Waals surface area contributed by atoms with E-state index < -0.39 is 0 Å². The van der Waals surface area contributed by atoms with Gasteiger partial charge in [-0.25, -0.2) is 0 Å². The first-order chi connectivity index (χ1) is 16.7. The van der Waals surface area contributed by atoms with Gasteiger partial charge in [0.2, 0.25) is 0 Å². The smallest absolute Gasteiger partial charge is 0.174 e. The number of hydrogen-bond acceptors (Lipinski definition) is 4. The van der Waals surface area contributed by atoms with Crippen LogP contribution in [0.4, 0.5) is 5.69 Å². The third-order valence-electron chi connectivity index (χ3n) is 5.95. The van der Waals surface area contributed by atoms with Crippen LogP contribution in [-0.2, 0) is 0 Å². The Bertz CT molecular complexity index is 1270. The first-order valence-electron chi connectivity index (χ1n) is 11.3. The zero-order valence-corrected chi connectivity index (χ0v) is 19.9. The molecule has 5 rings (SSSR count). The van der Waals surface area contributed by atoms with E-state index in [2.05, 4.69) is 44.2 Å². The van der Waals surface area contributed by atoms with E-state index in [1.807, 2.05) is 73.8 Å². The highest BCUT2D eigenvalue weighted by Crippen LogP contribution is 2.43. The number of anilines is 1. The topological polar surface area (TPSA) is 51.5 Å². The number of nitrogens with one attached hydrogen (secondary N) is 1. The van der Waals surface area contributed by atoms with Crippen LogP contribution in [-0.4, -0.2) is 28.4 Å². The van der Waals surface area contributed by atoms with E-state index >= 15 is 0 Å². The van der Waals surface area contributed by atoms with Gasteiger partial charge in [0.25, 0.3) is 0 Å². The van der Waals surface area contributed by atoms with Gasteiger partial charge in [-0.15, -0.1) is 0 Å². The molecule has 1 saturated heterocycles. The number of ether oxygens (including phenoxy) is 2. The van der Waals surface area contributed by atoms with Gasteiger partial charge in [-0.1, -0.05) is 18.2 Å². The highest BCUT2D eigenvalue weighted by Gasteiger charge is 2.42. The maximum atomic E-state index is 5.87. The van der Waals surface area contributed by atoms with Crippen molar-refractivity contribution in [1.82, 2.24) is 14.9 Å². The molecule has 0 saturated carbocycles. The lowest BCUT2D eigenvalue weighted by Gasteiger charge is -2.29. The number of methoxy groups -OCH3 is 1. The largest absolute Gasteiger partial charge is 0.495 e. The molecule has 0 spiro atoms. The van der Waals surface area contributed by atoms with Crippen LogP contribution >= 0.6 is 12.2 Å². The van der Waals surface area contributed by atoms with Crippen molar-refractivity contribution in [3.8, 4) is 17.2 Å². The van der Waals surface area contributed by atoms with Gasteiger partial charge in [-0.2, -0.15) is 0 Å². The molecule has 2 aromatic heterocycles. The van der Waals surface area contributed by atoms with Crippen molar-refractivity contribution in [1.29, 1.82) is 0 Å². The summed E-state index contributed by atoms with van der Waals surface area (Å²) in [4.78, 5) is 6.81. The van der Waals surface area contributed by atoms with Crippen LogP contribution in [0, 0.1) is 0 Å². The van der Waals surface area contributed by atoms with Crippen molar-refractivity contribution < 1.29 is 9.47 Å². The van der Waals surface area contributed by atoms with Crippen LogP contribution in [0.25, 0.3) is 5.69 Å². The summed E-state index contributed by atoms with van der Waals surface area (Å²) in [6, 6.07) is 25.9. The Morgan fingerprint density at radius 1 is 0.971 bits per heavy atom. The molecule has 0 aliphatic carbocycles. The first kappa shape index (κ1) is 22.0. The molecule has 172 valence electrons. The number of hydrogen-bond donors (Lipinski definition) is 1. The maximum Gasteiger partial charge on any atom is 0.174 e. The van der Waals surface area contributed by atoms with E-state index in [1.165, 1.54) is 0 Å². The molecule has 2 aromatic carbocycles. The molecule has 1 N–H and O–H groups in total. The number of para-hydroxylation sites is 2. The number of aromatic nitrogens is 2. The van der Waals surface area contributed by atoms with Gasteiger partial charge in [0, 0.05) is 23.8 Å². The molecule has 6 nitrogen and oxygen atoms in total. The molecule has 0 unspecified atom stereocenters. The van der Waals surface area contributed by atoms with Crippen LogP contribution in [0.1, 0.15) is 30.4 Å². The van der Waals surface area contributed by atoms with Crippen molar-refractivity contribution in [3.63, 3.8) is 0 Å². The predicted octanol–water partition coefficient (Wildman–Crippen LogP) is 5.46. The van der Waals surface area contributed by atoms with Crippen LogP contribution in [0.5, 0.6) is 11.5 Å². The maximum absolute atomic E-state index is 5.87. The summed E-state index contributed by atoms with van der Waals surface area (Å²) in [6.45, 7) is 2.60. The molecule has 1 fully saturated rings. The fourth-order valence-corrected chi connectivity index (χ4v) is 4.83. The quantitative estimate of drug-likeness (QED) is 0.362. The summed E-state index contributed by atoms with van der Waals surface area (Å²) < 4.78 is 13.5. The Kier molecular flexibility index (Phi) is 6.18. The highest BCUT2D eigenvalue weighted by molar-refractivity contribution is 7.80. The zero-order chi connectivity index (χ0) is 23.5. The summed E-state index contributed by atoms with van der Waals surface area (Å²) in [6.07, 6.45) is 3.87. The summed E-state index contributed by atoms with van der Waals surface area (Å²) in [5.41, 5.74) is 3.95. The Morgan fingerprint density at radius 3 is 2.50 bits per heavy atom. The number of benzene rings is 2. The molecule has 0 radical (unpaired) electrons. The fraction of sp³-hybridized carbons (Fsp3) is 0.185. The van der Waals surface area contributed by atoms with Crippen molar-refractivity contribution >= 4 is 23.0 Å². The molecule has 2 atom stereocenters. The van der Waals surface area contributed by atoms with Gasteiger partial charge < -0.3 is 24.3 Å². The molecule has 34 heavy (non-hydrogen) atoms. The third-order valence-corrected chi connectivity index (χ3v) is 6.27. The number of pyridine rings is 1. The Morgan fingerprint density at radius 2 is 1.76 bits per heavy atom. The first-order valence-corrected chi connectivity index (χ1v) is 11.7. The van der Waals surface area contributed by atoms with E-state index in [0.29, 0.717) is 11.7 Å². The SMILES string of the molecule is CCOc1ccc(N2C(=S)N[C@H](c3ccccn3)[C@@H]2c2cccn2-c2ccccc2OC)cc1. The van der Waals surface area contributed by atoms with Gasteiger partial charge in [0.1, 0.15) is 17.5 Å². The molecule has 3 heterocycles. The number of thiocarbonyl (C=S) groups is 1. The molecule has 0 amide bonds. The Labute approximate surface area is 204 Å². The number of nitrogens with zero attached hydrogens (tertiary/aromatic N) is 3. The minimum Gasteiger partial charge on any atom is -0.495 e. The predicted molar refractivity (Wildman–Crippen MR) is 138 cm³/mol. The summed E-state index contributed by atoms with van der Waals surface area (Å²) in [5, 5.41) is 4.17. The minimum absolute atomic E-state index is 0.136. The third kappa shape index (κ3) is 3.99. The highest BCUT2D eigenvalue weighted by atomic mass is 32.1. The second-order valence-electron chi connectivity index (χ2n) is 7.90. The van der Waals surface area contributed by atoms with E-state index in [4.69, 9.17) is 21.7 Å². The van der Waals surface area contributed by atoms with Gasteiger partial charge in [0.15, 0.2) is 5.11 Å². The number of rotatable bonds is 7. The lowest BCUT2D eigenvalue weighted by molar-refractivity contribution is 0.340. The van der Waals surface area contributed by atoms with Gasteiger partial charge in [-0.05, 0) is 79.8 Å². The van der Waals surface area contributed by atoms with Crippen molar-refractivity contribution in [3.05, 3.63) is 103 Å². The molecule has 1 aliphatic heterocycles. The van der Waals surface area contributed by atoms with Crippen molar-refractivity contribution in [2.45, 2.75) is 19.0 Å². The van der Waals surface area contributed by atoms with Crippen LogP contribution in [0.15, 0.2) is 91.3 Å². The second kappa shape index (κ2) is 9.57. The van der Waals surface area contributed by atoms with Crippen LogP contribution < -0.4 is 19.7 Å². The van der Waals surface area contributed by atoms with E-state index in [1.54, 1.807) is 7.11 Å². The monoisotopic (exact) mass is 470 g/mol. The van der Waals surface area contributed by atoms with E-state index in [-0.39, 0.29) is 12.1 Å². The fourth-order valence-electron chi connectivity index (χ4n) is 4.49.